The SMILES string of the molecule is C1CCC2CCCCC2C1.CCC1CCCCC1CC.CCc1ccccc1CC.[HH].[HH].c1ccc2c(c1)CCCC2. The van der Waals surface area contributed by atoms with Crippen LogP contribution < -0.4 is 0 Å². The van der Waals surface area contributed by atoms with Crippen LogP contribution in [0.3, 0.4) is 0 Å². The number of fused-ring (bicyclic) bond motifs is 2. The summed E-state index contributed by atoms with van der Waals surface area (Å²) >= 11 is 0. The summed E-state index contributed by atoms with van der Waals surface area (Å²) in [7, 11) is 0. The van der Waals surface area contributed by atoms with Crippen molar-refractivity contribution in [1.82, 2.24) is 0 Å². The molecule has 0 amide bonds. The Bertz CT molecular complexity index is 787. The van der Waals surface area contributed by atoms with Crippen LogP contribution in [0.5, 0.6) is 0 Å². The van der Waals surface area contributed by atoms with Gasteiger partial charge >= 0.3 is 0 Å². The normalized spacial score (nSPS) is 25.3. The predicted molar refractivity (Wildman–Crippen MR) is 182 cm³/mol. The fraction of sp³-hybridized carbons (Fsp3) is 0.700. The van der Waals surface area contributed by atoms with E-state index >= 15 is 0 Å². The minimum atomic E-state index is 0. The molecule has 3 saturated carbocycles. The first-order valence-corrected chi connectivity index (χ1v) is 17.8. The molecule has 6 rings (SSSR count). The van der Waals surface area contributed by atoms with Crippen molar-refractivity contribution in [3.05, 3.63) is 70.8 Å². The number of rotatable bonds is 4. The molecule has 228 valence electrons. The van der Waals surface area contributed by atoms with Crippen LogP contribution in [0.1, 0.15) is 156 Å². The van der Waals surface area contributed by atoms with E-state index in [0.717, 1.165) is 36.5 Å². The molecule has 0 spiro atoms. The third kappa shape index (κ3) is 11.0. The number of benzene rings is 2. The molecule has 0 radical (unpaired) electrons. The number of aryl methyl sites for hydroxylation is 4. The highest BCUT2D eigenvalue weighted by Gasteiger charge is 2.27. The third-order valence-electron chi connectivity index (χ3n) is 10.7. The molecule has 0 aliphatic heterocycles. The van der Waals surface area contributed by atoms with Crippen LogP contribution in [0.15, 0.2) is 48.5 Å². The summed E-state index contributed by atoms with van der Waals surface area (Å²) in [6.45, 7) is 9.10. The second-order valence-electron chi connectivity index (χ2n) is 13.2. The molecule has 4 aliphatic carbocycles. The summed E-state index contributed by atoms with van der Waals surface area (Å²) in [5, 5.41) is 0. The Balaban J connectivity index is 0.000000276. The van der Waals surface area contributed by atoms with Gasteiger partial charge in [0.05, 0.1) is 0 Å². The minimum absolute atomic E-state index is 0. The Hall–Kier alpha value is -1.56. The van der Waals surface area contributed by atoms with Crippen molar-refractivity contribution >= 4 is 0 Å². The fourth-order valence-electron chi connectivity index (χ4n) is 8.14. The van der Waals surface area contributed by atoms with E-state index in [0.29, 0.717) is 0 Å². The van der Waals surface area contributed by atoms with Gasteiger partial charge in [-0.1, -0.05) is 166 Å². The zero-order valence-electron chi connectivity index (χ0n) is 27.1. The van der Waals surface area contributed by atoms with E-state index < -0.39 is 0 Å². The van der Waals surface area contributed by atoms with Gasteiger partial charge in [0.2, 0.25) is 0 Å². The molecule has 0 nitrogen and oxygen atoms in total. The molecule has 2 atom stereocenters. The van der Waals surface area contributed by atoms with Crippen molar-refractivity contribution in [3.8, 4) is 0 Å². The van der Waals surface area contributed by atoms with Crippen LogP contribution in [0.25, 0.3) is 0 Å². The fourth-order valence-corrected chi connectivity index (χ4v) is 8.14. The smallest absolute Gasteiger partial charge is 0 e. The first-order valence-electron chi connectivity index (χ1n) is 17.8. The summed E-state index contributed by atoms with van der Waals surface area (Å²) in [6.07, 6.45) is 28.9. The van der Waals surface area contributed by atoms with Crippen molar-refractivity contribution in [2.45, 2.75) is 156 Å². The first-order chi connectivity index (χ1) is 19.7. The standard InChI is InChI=1S/C10H18.C10H12.C10H20.C10H14.2H2/c2*1-2-6-10-8-4-3-7-9(10)5-1;2*1-3-9-7-5-6-8-10(9)4-2;;/h9-10H,1-8H2;1-2,5-6H,3-4,7-8H2;9-10H,3-8H2,1-2H3;5-8H,3-4H2,1-2H3;2*1H. The second-order valence-corrected chi connectivity index (χ2v) is 13.2. The molecule has 0 aromatic heterocycles. The number of hydrogen-bond acceptors (Lipinski definition) is 0. The zero-order chi connectivity index (χ0) is 28.4. The van der Waals surface area contributed by atoms with Gasteiger partial charge in [-0.2, -0.15) is 0 Å². The maximum Gasteiger partial charge on any atom is 0 e. The maximum atomic E-state index is 2.35. The minimum Gasteiger partial charge on any atom is -0.0651 e. The van der Waals surface area contributed by atoms with Crippen LogP contribution in [0.4, 0.5) is 0 Å². The van der Waals surface area contributed by atoms with E-state index in [1.54, 1.807) is 36.8 Å². The van der Waals surface area contributed by atoms with Crippen LogP contribution in [-0.4, -0.2) is 0 Å². The summed E-state index contributed by atoms with van der Waals surface area (Å²) in [5.74, 6) is 4.45. The Morgan fingerprint density at radius 3 is 1.18 bits per heavy atom. The highest BCUT2D eigenvalue weighted by Crippen LogP contribution is 2.40. The van der Waals surface area contributed by atoms with E-state index in [9.17, 15) is 0 Å². The van der Waals surface area contributed by atoms with Gasteiger partial charge in [-0.15, -0.1) is 0 Å². The Kier molecular flexibility index (Phi) is 16.1. The predicted octanol–water partition coefficient (Wildman–Crippen LogP) is 12.8. The molecule has 2 aromatic carbocycles. The third-order valence-corrected chi connectivity index (χ3v) is 10.7. The van der Waals surface area contributed by atoms with Gasteiger partial charge in [0.15, 0.2) is 0 Å². The topological polar surface area (TPSA) is 0 Å². The van der Waals surface area contributed by atoms with E-state index in [-0.39, 0.29) is 2.85 Å². The number of hydrogen-bond donors (Lipinski definition) is 0. The highest BCUT2D eigenvalue weighted by molar-refractivity contribution is 5.29. The van der Waals surface area contributed by atoms with Gasteiger partial charge in [0.25, 0.3) is 0 Å². The van der Waals surface area contributed by atoms with E-state index in [2.05, 4.69) is 76.2 Å². The van der Waals surface area contributed by atoms with Gasteiger partial charge in [0, 0.05) is 2.85 Å². The highest BCUT2D eigenvalue weighted by atomic mass is 14.3. The van der Waals surface area contributed by atoms with Gasteiger partial charge in [-0.05, 0) is 84.5 Å². The summed E-state index contributed by atoms with van der Waals surface area (Å²) in [5.41, 5.74) is 6.14. The lowest BCUT2D eigenvalue weighted by Gasteiger charge is -2.35. The van der Waals surface area contributed by atoms with Crippen molar-refractivity contribution < 1.29 is 2.85 Å². The van der Waals surface area contributed by atoms with Crippen molar-refractivity contribution in [2.75, 3.05) is 0 Å². The molecular formula is C40H68. The lowest BCUT2D eigenvalue weighted by molar-refractivity contribution is 0.171. The average molecular weight is 549 g/mol. The molecule has 0 heteroatoms. The maximum absolute atomic E-state index is 2.35. The second kappa shape index (κ2) is 19.5. The summed E-state index contributed by atoms with van der Waals surface area (Å²) in [6, 6.07) is 17.4. The zero-order valence-corrected chi connectivity index (χ0v) is 27.1. The average Bonchev–Trinajstić information content (AvgIpc) is 3.05. The molecule has 0 heterocycles. The molecule has 2 aromatic rings. The molecule has 0 N–H and O–H groups in total. The van der Waals surface area contributed by atoms with Crippen LogP contribution >= 0.6 is 0 Å². The van der Waals surface area contributed by atoms with E-state index in [1.165, 1.54) is 101 Å². The lowest BCUT2D eigenvalue weighted by atomic mass is 9.71. The molecule has 0 bridgehead atoms. The Labute approximate surface area is 253 Å². The summed E-state index contributed by atoms with van der Waals surface area (Å²) < 4.78 is 0. The van der Waals surface area contributed by atoms with Crippen molar-refractivity contribution in [3.63, 3.8) is 0 Å². The Morgan fingerprint density at radius 1 is 0.475 bits per heavy atom. The molecule has 4 aliphatic rings. The largest absolute Gasteiger partial charge is 0.0651 e. The quantitative estimate of drug-likeness (QED) is 0.356. The van der Waals surface area contributed by atoms with Crippen LogP contribution in [-0.2, 0) is 25.7 Å². The first kappa shape index (κ1) is 32.9. The molecule has 40 heavy (non-hydrogen) atoms. The van der Waals surface area contributed by atoms with E-state index in [1.807, 2.05) is 0 Å². The monoisotopic (exact) mass is 549 g/mol. The van der Waals surface area contributed by atoms with Crippen molar-refractivity contribution in [2.24, 2.45) is 23.7 Å². The lowest BCUT2D eigenvalue weighted by Crippen LogP contribution is -2.22. The van der Waals surface area contributed by atoms with Gasteiger partial charge in [-0.25, -0.2) is 0 Å². The summed E-state index contributed by atoms with van der Waals surface area (Å²) in [4.78, 5) is 0. The molecule has 0 saturated heterocycles. The van der Waals surface area contributed by atoms with Crippen LogP contribution in [0.2, 0.25) is 0 Å². The molecule has 2 unspecified atom stereocenters. The Morgan fingerprint density at radius 2 is 0.825 bits per heavy atom. The van der Waals surface area contributed by atoms with Crippen molar-refractivity contribution in [1.29, 1.82) is 0 Å². The van der Waals surface area contributed by atoms with E-state index in [4.69, 9.17) is 0 Å². The molecular weight excluding hydrogens is 480 g/mol. The van der Waals surface area contributed by atoms with Gasteiger partial charge < -0.3 is 0 Å². The van der Waals surface area contributed by atoms with Gasteiger partial charge in [-0.3, -0.25) is 0 Å². The van der Waals surface area contributed by atoms with Gasteiger partial charge in [0.1, 0.15) is 0 Å². The van der Waals surface area contributed by atoms with Crippen LogP contribution in [0, 0.1) is 23.7 Å². The molecule has 3 fully saturated rings.